The topological polar surface area (TPSA) is 84.5 Å². The van der Waals surface area contributed by atoms with Gasteiger partial charge in [-0.1, -0.05) is 0 Å². The van der Waals surface area contributed by atoms with Gasteiger partial charge in [-0.2, -0.15) is 0 Å². The van der Waals surface area contributed by atoms with Gasteiger partial charge < -0.3 is 20.5 Å². The molecule has 1 heterocycles. The van der Waals surface area contributed by atoms with Gasteiger partial charge in [-0.05, 0) is 0 Å². The lowest BCUT2D eigenvalue weighted by Crippen LogP contribution is -2.31. The number of nitrogens with two attached hydrogens (primary N) is 1. The Morgan fingerprint density at radius 3 is 2.60 bits per heavy atom. The number of hydrogen-bond donors (Lipinski definition) is 2. The zero-order chi connectivity index (χ0) is 11.1. The van der Waals surface area contributed by atoms with Gasteiger partial charge in [0.05, 0.1) is 31.3 Å². The molecule has 0 aliphatic heterocycles. The van der Waals surface area contributed by atoms with E-state index in [1.54, 1.807) is 19.5 Å². The van der Waals surface area contributed by atoms with Crippen LogP contribution < -0.4 is 10.6 Å². The minimum atomic E-state index is 0.0530. The van der Waals surface area contributed by atoms with Crippen molar-refractivity contribution in [2.24, 2.45) is 0 Å². The van der Waals surface area contributed by atoms with Gasteiger partial charge in [0, 0.05) is 20.2 Å². The molecule has 84 valence electrons. The van der Waals surface area contributed by atoms with Crippen molar-refractivity contribution in [1.82, 2.24) is 9.97 Å². The van der Waals surface area contributed by atoms with Crippen LogP contribution in [0, 0.1) is 0 Å². The molecule has 0 saturated heterocycles. The van der Waals surface area contributed by atoms with Crippen LogP contribution in [0.1, 0.15) is 0 Å². The maximum atomic E-state index is 8.89. The molecule has 6 heteroatoms. The Hall–Kier alpha value is -1.40. The second-order valence-corrected chi connectivity index (χ2v) is 3.02. The summed E-state index contributed by atoms with van der Waals surface area (Å²) < 4.78 is 4.96. The molecule has 0 spiro atoms. The number of anilines is 2. The highest BCUT2D eigenvalue weighted by Gasteiger charge is 2.07. The van der Waals surface area contributed by atoms with Crippen LogP contribution in [0.15, 0.2) is 12.4 Å². The number of nitrogen functional groups attached to an aromatic ring is 1. The molecule has 0 amide bonds. The molecule has 0 radical (unpaired) electrons. The first-order valence-corrected chi connectivity index (χ1v) is 4.70. The van der Waals surface area contributed by atoms with Crippen molar-refractivity contribution in [3.8, 4) is 0 Å². The third kappa shape index (κ3) is 3.69. The summed E-state index contributed by atoms with van der Waals surface area (Å²) in [6.45, 7) is 1.74. The van der Waals surface area contributed by atoms with E-state index in [4.69, 9.17) is 15.6 Å². The van der Waals surface area contributed by atoms with E-state index in [0.717, 1.165) is 0 Å². The second kappa shape index (κ2) is 6.15. The number of aromatic nitrogens is 2. The van der Waals surface area contributed by atoms with E-state index in [2.05, 4.69) is 9.97 Å². The van der Waals surface area contributed by atoms with Crippen LogP contribution in [-0.4, -0.2) is 48.5 Å². The van der Waals surface area contributed by atoms with E-state index in [0.29, 0.717) is 31.3 Å². The molecule has 0 aliphatic carbocycles. The number of nitrogens with zero attached hydrogens (tertiary/aromatic N) is 3. The largest absolute Gasteiger partial charge is 0.396 e. The monoisotopic (exact) mass is 212 g/mol. The predicted molar refractivity (Wildman–Crippen MR) is 57.6 cm³/mol. The molecule has 0 saturated carbocycles. The van der Waals surface area contributed by atoms with Crippen LogP contribution in [0.25, 0.3) is 0 Å². The Kier molecular flexibility index (Phi) is 4.79. The summed E-state index contributed by atoms with van der Waals surface area (Å²) in [4.78, 5) is 9.98. The molecule has 15 heavy (non-hydrogen) atoms. The van der Waals surface area contributed by atoms with Crippen LogP contribution in [0.5, 0.6) is 0 Å². The summed E-state index contributed by atoms with van der Waals surface area (Å²) in [7, 11) is 1.63. The summed E-state index contributed by atoms with van der Waals surface area (Å²) in [6.07, 6.45) is 3.08. The average molecular weight is 212 g/mol. The number of aliphatic hydroxyl groups excluding tert-OH is 1. The molecule has 3 N–H and O–H groups in total. The summed E-state index contributed by atoms with van der Waals surface area (Å²) in [6, 6.07) is 0. The van der Waals surface area contributed by atoms with Gasteiger partial charge >= 0.3 is 0 Å². The van der Waals surface area contributed by atoms with Crippen molar-refractivity contribution in [2.45, 2.75) is 0 Å². The fourth-order valence-corrected chi connectivity index (χ4v) is 1.13. The van der Waals surface area contributed by atoms with Crippen LogP contribution >= 0.6 is 0 Å². The van der Waals surface area contributed by atoms with E-state index >= 15 is 0 Å². The zero-order valence-electron chi connectivity index (χ0n) is 8.76. The average Bonchev–Trinajstić information content (AvgIpc) is 2.25. The standard InChI is InChI=1S/C9H16N4O2/c1-15-5-3-13(2-4-14)9-11-6-8(10)7-12-9/h6-7,14H,2-5,10H2,1H3. The lowest BCUT2D eigenvalue weighted by Gasteiger charge is -2.20. The Labute approximate surface area is 88.7 Å². The van der Waals surface area contributed by atoms with Gasteiger partial charge in [0.1, 0.15) is 0 Å². The molecule has 0 atom stereocenters. The van der Waals surface area contributed by atoms with Crippen molar-refractivity contribution in [3.05, 3.63) is 12.4 Å². The Morgan fingerprint density at radius 1 is 1.40 bits per heavy atom. The summed E-state index contributed by atoms with van der Waals surface area (Å²) in [5, 5.41) is 8.89. The van der Waals surface area contributed by atoms with E-state index < -0.39 is 0 Å². The van der Waals surface area contributed by atoms with Gasteiger partial charge in [0.2, 0.25) is 5.95 Å². The van der Waals surface area contributed by atoms with E-state index in [1.165, 1.54) is 0 Å². The molecule has 6 nitrogen and oxygen atoms in total. The van der Waals surface area contributed by atoms with Crippen molar-refractivity contribution >= 4 is 11.6 Å². The quantitative estimate of drug-likeness (QED) is 0.661. The summed E-state index contributed by atoms with van der Waals surface area (Å²) in [5.74, 6) is 0.551. The number of hydrogen-bond acceptors (Lipinski definition) is 6. The highest BCUT2D eigenvalue weighted by Crippen LogP contribution is 2.06. The molecule has 1 rings (SSSR count). The molecule has 0 aliphatic rings. The van der Waals surface area contributed by atoms with Crippen molar-refractivity contribution in [2.75, 3.05) is 44.0 Å². The first kappa shape index (κ1) is 11.7. The van der Waals surface area contributed by atoms with Crippen LogP contribution in [0.3, 0.4) is 0 Å². The third-order valence-corrected chi connectivity index (χ3v) is 1.88. The normalized spacial score (nSPS) is 10.3. The second-order valence-electron chi connectivity index (χ2n) is 3.02. The molecule has 0 bridgehead atoms. The lowest BCUT2D eigenvalue weighted by atomic mass is 10.5. The number of methoxy groups -OCH3 is 1. The summed E-state index contributed by atoms with van der Waals surface area (Å²) >= 11 is 0. The predicted octanol–water partition coefficient (Wildman–Crippen LogP) is -0.496. The van der Waals surface area contributed by atoms with E-state index in [9.17, 15) is 0 Å². The van der Waals surface area contributed by atoms with E-state index in [1.807, 2.05) is 4.90 Å². The maximum Gasteiger partial charge on any atom is 0.225 e. The molecule has 0 fully saturated rings. The smallest absolute Gasteiger partial charge is 0.225 e. The Bertz CT molecular complexity index is 278. The van der Waals surface area contributed by atoms with Crippen molar-refractivity contribution in [3.63, 3.8) is 0 Å². The SMILES string of the molecule is COCCN(CCO)c1ncc(N)cn1. The Morgan fingerprint density at radius 2 is 2.07 bits per heavy atom. The van der Waals surface area contributed by atoms with Gasteiger partial charge in [0.15, 0.2) is 0 Å². The minimum Gasteiger partial charge on any atom is -0.396 e. The van der Waals surface area contributed by atoms with Gasteiger partial charge in [-0.25, -0.2) is 9.97 Å². The molecule has 1 aromatic rings. The zero-order valence-corrected chi connectivity index (χ0v) is 8.76. The summed E-state index contributed by atoms with van der Waals surface area (Å²) in [5.41, 5.74) is 6.01. The van der Waals surface area contributed by atoms with Gasteiger partial charge in [-0.15, -0.1) is 0 Å². The number of rotatable bonds is 6. The maximum absolute atomic E-state index is 8.89. The molecule has 0 aromatic carbocycles. The molecular formula is C9H16N4O2. The highest BCUT2D eigenvalue weighted by molar-refractivity contribution is 5.37. The molecule has 0 unspecified atom stereocenters. The number of aliphatic hydroxyl groups is 1. The molecule has 1 aromatic heterocycles. The van der Waals surface area contributed by atoms with Crippen molar-refractivity contribution in [1.29, 1.82) is 0 Å². The van der Waals surface area contributed by atoms with Gasteiger partial charge in [0.25, 0.3) is 0 Å². The molecular weight excluding hydrogens is 196 g/mol. The Balaban J connectivity index is 2.65. The number of ether oxygens (including phenoxy) is 1. The van der Waals surface area contributed by atoms with Crippen LogP contribution in [0.4, 0.5) is 11.6 Å². The van der Waals surface area contributed by atoms with Crippen LogP contribution in [0.2, 0.25) is 0 Å². The van der Waals surface area contributed by atoms with Crippen LogP contribution in [-0.2, 0) is 4.74 Å². The van der Waals surface area contributed by atoms with E-state index in [-0.39, 0.29) is 6.61 Å². The first-order valence-electron chi connectivity index (χ1n) is 4.70. The third-order valence-electron chi connectivity index (χ3n) is 1.88. The first-order chi connectivity index (χ1) is 7.27. The lowest BCUT2D eigenvalue weighted by molar-refractivity contribution is 0.202. The fourth-order valence-electron chi connectivity index (χ4n) is 1.13. The fraction of sp³-hybridized carbons (Fsp3) is 0.556. The highest BCUT2D eigenvalue weighted by atomic mass is 16.5. The van der Waals surface area contributed by atoms with Gasteiger partial charge in [-0.3, -0.25) is 0 Å². The van der Waals surface area contributed by atoms with Crippen molar-refractivity contribution < 1.29 is 9.84 Å². The minimum absolute atomic E-state index is 0.0530.